The fourth-order valence-corrected chi connectivity index (χ4v) is 7.09. The number of ether oxygens (including phenoxy) is 1. The van der Waals surface area contributed by atoms with E-state index in [-0.39, 0.29) is 17.2 Å². The molecule has 2 aromatic heterocycles. The van der Waals surface area contributed by atoms with E-state index < -0.39 is 5.41 Å². The van der Waals surface area contributed by atoms with Gasteiger partial charge in [-0.25, -0.2) is 4.68 Å². The molecule has 11 nitrogen and oxygen atoms in total. The van der Waals surface area contributed by atoms with Crippen molar-refractivity contribution in [3.63, 3.8) is 0 Å². The molecule has 2 saturated heterocycles. The second-order valence-electron chi connectivity index (χ2n) is 11.8. The van der Waals surface area contributed by atoms with Crippen LogP contribution in [0.3, 0.4) is 0 Å². The first-order valence-electron chi connectivity index (χ1n) is 14.8. The number of hydrogen-bond donors (Lipinski definition) is 1. The molecule has 6 rings (SSSR count). The number of nitrogens with zero attached hydrogens (tertiary/aromatic N) is 7. The lowest BCUT2D eigenvalue weighted by molar-refractivity contribution is -0.125. The Hall–Kier alpha value is -4.06. The molecule has 0 aliphatic carbocycles. The van der Waals surface area contributed by atoms with Crippen LogP contribution in [0.25, 0.3) is 5.69 Å². The Balaban J connectivity index is 1.23. The minimum Gasteiger partial charge on any atom is -0.496 e. The number of likely N-dealkylation sites (tertiary alicyclic amines) is 2. The number of hydrogen-bond acceptors (Lipinski definition) is 8. The Morgan fingerprint density at radius 1 is 0.956 bits per heavy atom. The molecule has 2 aromatic carbocycles. The van der Waals surface area contributed by atoms with Crippen LogP contribution in [-0.2, 0) is 15.6 Å². The van der Waals surface area contributed by atoms with Crippen molar-refractivity contribution < 1.29 is 14.3 Å². The van der Waals surface area contributed by atoms with Crippen molar-refractivity contribution >= 4 is 35.0 Å². The molecule has 45 heavy (non-hydrogen) atoms. The predicted molar refractivity (Wildman–Crippen MR) is 170 cm³/mol. The van der Waals surface area contributed by atoms with Crippen LogP contribution in [0.2, 0.25) is 10.0 Å². The standard InChI is InChI=1S/C32H34Cl2N8O3/c1-45-28-5-3-24(42-21-37-38-39-42)19-25(28)29(43)41-17-9-31(20-41,23-2-4-26(33)27(34)18-23)8-14-40-15-10-32(11-16-40,30(35)44)22-6-12-36-13-7-22/h2-7,12-13,18-19,21H,8-11,14-17,20H2,1H3,(H2,35,44). The topological polar surface area (TPSA) is 132 Å². The SMILES string of the molecule is COc1ccc(-n2cnnn2)cc1C(=O)N1CCC(CCN2CCC(C(N)=O)(c3ccncc3)CC2)(c2ccc(Cl)c(Cl)c2)C1. The Bertz CT molecular complexity index is 1680. The Labute approximate surface area is 271 Å². The van der Waals surface area contributed by atoms with Crippen molar-refractivity contribution in [1.29, 1.82) is 0 Å². The maximum absolute atomic E-state index is 14.0. The highest BCUT2D eigenvalue weighted by molar-refractivity contribution is 6.42. The second-order valence-corrected chi connectivity index (χ2v) is 12.6. The van der Waals surface area contributed by atoms with Crippen molar-refractivity contribution in [2.75, 3.05) is 39.8 Å². The van der Waals surface area contributed by atoms with Gasteiger partial charge in [0.05, 0.1) is 33.8 Å². The van der Waals surface area contributed by atoms with Gasteiger partial charge in [0.15, 0.2) is 0 Å². The van der Waals surface area contributed by atoms with E-state index in [1.54, 1.807) is 37.7 Å². The summed E-state index contributed by atoms with van der Waals surface area (Å²) in [6.45, 7) is 3.30. The van der Waals surface area contributed by atoms with E-state index in [0.29, 0.717) is 53.0 Å². The van der Waals surface area contributed by atoms with Gasteiger partial charge in [-0.05, 0) is 109 Å². The van der Waals surface area contributed by atoms with Crippen molar-refractivity contribution in [3.8, 4) is 11.4 Å². The van der Waals surface area contributed by atoms with Crippen molar-refractivity contribution in [2.24, 2.45) is 5.73 Å². The number of pyridine rings is 1. The molecule has 2 aliphatic rings. The minimum absolute atomic E-state index is 0.134. The average Bonchev–Trinajstić information content (AvgIpc) is 3.77. The van der Waals surface area contributed by atoms with Crippen LogP contribution < -0.4 is 10.5 Å². The van der Waals surface area contributed by atoms with Gasteiger partial charge in [-0.1, -0.05) is 29.3 Å². The van der Waals surface area contributed by atoms with Gasteiger partial charge < -0.3 is 20.3 Å². The van der Waals surface area contributed by atoms with Gasteiger partial charge in [0, 0.05) is 30.9 Å². The molecule has 4 aromatic rings. The summed E-state index contributed by atoms with van der Waals surface area (Å²) in [5.74, 6) is 0.0414. The van der Waals surface area contributed by atoms with Gasteiger partial charge in [-0.15, -0.1) is 5.10 Å². The molecule has 0 saturated carbocycles. The summed E-state index contributed by atoms with van der Waals surface area (Å²) in [5, 5.41) is 12.3. The maximum Gasteiger partial charge on any atom is 0.257 e. The number of nitrogens with two attached hydrogens (primary N) is 1. The lowest BCUT2D eigenvalue weighted by Crippen LogP contribution is -2.50. The summed E-state index contributed by atoms with van der Waals surface area (Å²) in [6.07, 6.45) is 7.70. The largest absolute Gasteiger partial charge is 0.496 e. The number of methoxy groups -OCH3 is 1. The first-order chi connectivity index (χ1) is 21.7. The summed E-state index contributed by atoms with van der Waals surface area (Å²) >= 11 is 12.8. The molecule has 0 radical (unpaired) electrons. The Kier molecular flexibility index (Phi) is 8.76. The second kappa shape index (κ2) is 12.7. The number of halogens is 2. The van der Waals surface area contributed by atoms with Crippen LogP contribution in [0.5, 0.6) is 5.75 Å². The quantitative estimate of drug-likeness (QED) is 0.287. The van der Waals surface area contributed by atoms with Gasteiger partial charge >= 0.3 is 0 Å². The van der Waals surface area contributed by atoms with Crippen LogP contribution in [0.4, 0.5) is 0 Å². The third kappa shape index (κ3) is 5.99. The van der Waals surface area contributed by atoms with E-state index in [9.17, 15) is 9.59 Å². The number of carbonyl (C=O) groups is 2. The zero-order valence-corrected chi connectivity index (χ0v) is 26.4. The number of piperidine rings is 1. The molecule has 4 heterocycles. The normalized spacial score (nSPS) is 19.8. The molecule has 2 fully saturated rings. The molecule has 2 N–H and O–H groups in total. The number of amides is 2. The average molecular weight is 650 g/mol. The third-order valence-corrected chi connectivity index (χ3v) is 10.3. The summed E-state index contributed by atoms with van der Waals surface area (Å²) in [6, 6.07) is 14.8. The lowest BCUT2D eigenvalue weighted by Gasteiger charge is -2.41. The number of aromatic nitrogens is 5. The molecular formula is C32H34Cl2N8O3. The van der Waals surface area contributed by atoms with Crippen LogP contribution in [-0.4, -0.2) is 86.6 Å². The number of tetrazole rings is 1. The van der Waals surface area contributed by atoms with Crippen molar-refractivity contribution in [2.45, 2.75) is 36.5 Å². The van der Waals surface area contributed by atoms with E-state index in [1.807, 2.05) is 35.2 Å². The molecule has 1 unspecified atom stereocenters. The Morgan fingerprint density at radius 2 is 1.73 bits per heavy atom. The van der Waals surface area contributed by atoms with Gasteiger partial charge in [-0.2, -0.15) is 0 Å². The summed E-state index contributed by atoms with van der Waals surface area (Å²) in [7, 11) is 1.55. The summed E-state index contributed by atoms with van der Waals surface area (Å²) in [4.78, 5) is 35.1. The van der Waals surface area contributed by atoms with Gasteiger partial charge in [0.25, 0.3) is 5.91 Å². The van der Waals surface area contributed by atoms with Crippen molar-refractivity contribution in [3.05, 3.63) is 94.0 Å². The van der Waals surface area contributed by atoms with Crippen LogP contribution in [0.1, 0.15) is 47.2 Å². The number of carbonyl (C=O) groups excluding carboxylic acids is 2. The summed E-state index contributed by atoms with van der Waals surface area (Å²) < 4.78 is 7.07. The molecule has 2 aliphatic heterocycles. The zero-order chi connectivity index (χ0) is 31.6. The van der Waals surface area contributed by atoms with Gasteiger partial charge in [0.1, 0.15) is 12.1 Å². The number of rotatable bonds is 9. The van der Waals surface area contributed by atoms with Crippen LogP contribution in [0, 0.1) is 0 Å². The highest BCUT2D eigenvalue weighted by Gasteiger charge is 2.44. The molecule has 13 heteroatoms. The fraction of sp³-hybridized carbons (Fsp3) is 0.375. The molecule has 0 bridgehead atoms. The minimum atomic E-state index is -0.701. The van der Waals surface area contributed by atoms with E-state index in [2.05, 4.69) is 25.4 Å². The molecule has 234 valence electrons. The van der Waals surface area contributed by atoms with E-state index in [1.165, 1.54) is 11.0 Å². The smallest absolute Gasteiger partial charge is 0.257 e. The molecule has 2 amide bonds. The van der Waals surface area contributed by atoms with Crippen LogP contribution >= 0.6 is 23.2 Å². The molecule has 0 spiro atoms. The van der Waals surface area contributed by atoms with Crippen LogP contribution in [0.15, 0.2) is 67.3 Å². The first-order valence-corrected chi connectivity index (χ1v) is 15.6. The Morgan fingerprint density at radius 3 is 2.40 bits per heavy atom. The van der Waals surface area contributed by atoms with Gasteiger partial charge in [0.2, 0.25) is 5.91 Å². The van der Waals surface area contributed by atoms with E-state index in [0.717, 1.165) is 43.6 Å². The molecule has 1 atom stereocenters. The highest BCUT2D eigenvalue weighted by atomic mass is 35.5. The lowest BCUT2D eigenvalue weighted by atomic mass is 9.72. The monoisotopic (exact) mass is 648 g/mol. The maximum atomic E-state index is 14.0. The molecular weight excluding hydrogens is 615 g/mol. The van der Waals surface area contributed by atoms with E-state index in [4.69, 9.17) is 33.7 Å². The zero-order valence-electron chi connectivity index (χ0n) is 24.9. The van der Waals surface area contributed by atoms with E-state index >= 15 is 0 Å². The predicted octanol–water partition coefficient (Wildman–Crippen LogP) is 4.07. The fourth-order valence-electron chi connectivity index (χ4n) is 6.79. The van der Waals surface area contributed by atoms with Gasteiger partial charge in [-0.3, -0.25) is 14.6 Å². The number of primary amides is 1. The summed E-state index contributed by atoms with van der Waals surface area (Å²) in [5.41, 5.74) is 7.97. The highest BCUT2D eigenvalue weighted by Crippen LogP contribution is 2.42. The first kappa shape index (κ1) is 30.9. The van der Waals surface area contributed by atoms with Crippen molar-refractivity contribution in [1.82, 2.24) is 35.0 Å². The number of benzene rings is 2. The third-order valence-electron chi connectivity index (χ3n) is 9.52.